The van der Waals surface area contributed by atoms with Gasteiger partial charge in [0.2, 0.25) is 0 Å². The maximum absolute atomic E-state index is 2.36. The van der Waals surface area contributed by atoms with E-state index < -0.39 is 14.5 Å². The van der Waals surface area contributed by atoms with Crippen molar-refractivity contribution in [3.8, 4) is 0 Å². The van der Waals surface area contributed by atoms with E-state index in [0.717, 1.165) is 12.3 Å². The number of hydrogen-bond donors (Lipinski definition) is 0. The molecule has 4 heteroatoms. The zero-order valence-corrected chi connectivity index (χ0v) is 30.1. The molecule has 0 bridgehead atoms. The van der Waals surface area contributed by atoms with Gasteiger partial charge in [-0.15, -0.1) is 34.0 Å². The average Bonchev–Trinajstić information content (AvgIpc) is 3.09. The van der Waals surface area contributed by atoms with Crippen LogP contribution in [0, 0.1) is 0 Å². The minimum atomic E-state index is -1.84. The van der Waals surface area contributed by atoms with Gasteiger partial charge in [0.15, 0.2) is 0 Å². The van der Waals surface area contributed by atoms with Gasteiger partial charge in [0, 0.05) is 0 Å². The third kappa shape index (κ3) is 7.01. The fraction of sp³-hybridized carbons (Fsp3) is 0.100. The molecule has 0 N–H and O–H groups in total. The summed E-state index contributed by atoms with van der Waals surface area (Å²) in [6.45, 7) is 0. The third-order valence-corrected chi connectivity index (χ3v) is 17.5. The van der Waals surface area contributed by atoms with Gasteiger partial charge in [0.05, 0.1) is 12.3 Å². The molecule has 0 aliphatic heterocycles. The monoisotopic (exact) mass is 740 g/mol. The van der Waals surface area contributed by atoms with Crippen LogP contribution in [-0.2, 0) is 0 Å². The molecule has 6 aromatic rings. The molecule has 0 heterocycles. The highest BCUT2D eigenvalue weighted by molar-refractivity contribution is 8.93. The van der Waals surface area contributed by atoms with Gasteiger partial charge >= 0.3 is 0 Å². The van der Waals surface area contributed by atoms with Gasteiger partial charge in [0.1, 0.15) is 46.4 Å². The zero-order valence-electron chi connectivity index (χ0n) is 24.9. The van der Waals surface area contributed by atoms with Crippen LogP contribution in [0.15, 0.2) is 182 Å². The fourth-order valence-electron chi connectivity index (χ4n) is 6.46. The maximum atomic E-state index is 2.36. The van der Waals surface area contributed by atoms with Crippen LogP contribution in [0.3, 0.4) is 0 Å². The molecule has 44 heavy (non-hydrogen) atoms. The van der Waals surface area contributed by atoms with Crippen molar-refractivity contribution in [1.29, 1.82) is 0 Å². The normalized spacial score (nSPS) is 11.2. The van der Waals surface area contributed by atoms with Crippen LogP contribution in [0.2, 0.25) is 0 Å². The molecule has 0 nitrogen and oxygen atoms in total. The maximum Gasteiger partial charge on any atom is 0.112 e. The molecular formula is C40H40Br2P2+2. The molecule has 0 unspecified atom stereocenters. The van der Waals surface area contributed by atoms with Crippen molar-refractivity contribution >= 4 is 80.3 Å². The molecule has 222 valence electrons. The predicted molar refractivity (Wildman–Crippen MR) is 210 cm³/mol. The van der Waals surface area contributed by atoms with E-state index in [1.165, 1.54) is 44.7 Å². The van der Waals surface area contributed by atoms with Crippen molar-refractivity contribution < 1.29 is 0 Å². The first-order chi connectivity index (χ1) is 20.8. The van der Waals surface area contributed by atoms with E-state index in [1.807, 2.05) is 0 Å². The van der Waals surface area contributed by atoms with Crippen molar-refractivity contribution in [2.24, 2.45) is 0 Å². The van der Waals surface area contributed by atoms with Crippen LogP contribution in [0.4, 0.5) is 0 Å². The SMILES string of the molecule is Br.Br.c1ccc([P+](CCCC[P+](c2ccccc2)(c2ccccc2)c2ccccc2)(c2ccccc2)c2ccccc2)cc1. The lowest BCUT2D eigenvalue weighted by Gasteiger charge is -2.29. The quantitative estimate of drug-likeness (QED) is 0.0920. The third-order valence-electron chi connectivity index (χ3n) is 8.42. The second-order valence-electron chi connectivity index (χ2n) is 10.8. The summed E-state index contributed by atoms with van der Waals surface area (Å²) in [4.78, 5) is 0. The minimum absolute atomic E-state index is 0. The largest absolute Gasteiger partial charge is 0.114 e. The second-order valence-corrected chi connectivity index (χ2v) is 18.0. The topological polar surface area (TPSA) is 0 Å². The Kier molecular flexibility index (Phi) is 12.7. The molecule has 0 saturated heterocycles. The summed E-state index contributed by atoms with van der Waals surface area (Å²) in [6, 6.07) is 67.8. The molecular weight excluding hydrogens is 702 g/mol. The Labute approximate surface area is 285 Å². The van der Waals surface area contributed by atoms with Gasteiger partial charge in [-0.3, -0.25) is 0 Å². The summed E-state index contributed by atoms with van der Waals surface area (Å²) < 4.78 is 0. The molecule has 6 rings (SSSR count). The Bertz CT molecular complexity index is 1330. The van der Waals surface area contributed by atoms with Crippen LogP contribution >= 0.6 is 48.5 Å². The van der Waals surface area contributed by atoms with Crippen molar-refractivity contribution in [1.82, 2.24) is 0 Å². The van der Waals surface area contributed by atoms with Crippen LogP contribution in [0.25, 0.3) is 0 Å². The van der Waals surface area contributed by atoms with Gasteiger partial charge < -0.3 is 0 Å². The molecule has 0 fully saturated rings. The average molecular weight is 743 g/mol. The Balaban J connectivity index is 0.00000221. The Morgan fingerprint density at radius 2 is 0.409 bits per heavy atom. The van der Waals surface area contributed by atoms with Crippen molar-refractivity contribution in [3.63, 3.8) is 0 Å². The summed E-state index contributed by atoms with van der Waals surface area (Å²) in [5, 5.41) is 8.82. The Morgan fingerprint density at radius 3 is 0.568 bits per heavy atom. The first-order valence-electron chi connectivity index (χ1n) is 14.9. The summed E-state index contributed by atoms with van der Waals surface area (Å²) in [5.74, 6) is 0. The van der Waals surface area contributed by atoms with Crippen molar-refractivity contribution in [3.05, 3.63) is 182 Å². The zero-order chi connectivity index (χ0) is 28.5. The molecule has 0 atom stereocenters. The van der Waals surface area contributed by atoms with E-state index >= 15 is 0 Å². The molecule has 6 aromatic carbocycles. The number of benzene rings is 6. The van der Waals surface area contributed by atoms with Crippen LogP contribution < -0.4 is 31.8 Å². The van der Waals surface area contributed by atoms with Gasteiger partial charge in [-0.2, -0.15) is 0 Å². The van der Waals surface area contributed by atoms with E-state index in [2.05, 4.69) is 182 Å². The van der Waals surface area contributed by atoms with Crippen LogP contribution in [-0.4, -0.2) is 12.3 Å². The molecule has 0 saturated carbocycles. The van der Waals surface area contributed by atoms with Gasteiger partial charge in [0.25, 0.3) is 0 Å². The molecule has 0 aromatic heterocycles. The minimum Gasteiger partial charge on any atom is -0.114 e. The van der Waals surface area contributed by atoms with E-state index in [-0.39, 0.29) is 34.0 Å². The molecule has 0 radical (unpaired) electrons. The summed E-state index contributed by atoms with van der Waals surface area (Å²) in [6.07, 6.45) is 4.65. The van der Waals surface area contributed by atoms with Crippen LogP contribution in [0.5, 0.6) is 0 Å². The van der Waals surface area contributed by atoms with Crippen molar-refractivity contribution in [2.75, 3.05) is 12.3 Å². The predicted octanol–water partition coefficient (Wildman–Crippen LogP) is 8.91. The van der Waals surface area contributed by atoms with Crippen LogP contribution in [0.1, 0.15) is 12.8 Å². The lowest BCUT2D eigenvalue weighted by Crippen LogP contribution is -2.34. The summed E-state index contributed by atoms with van der Waals surface area (Å²) in [5.41, 5.74) is 0. The highest BCUT2D eigenvalue weighted by atomic mass is 79.9. The molecule has 0 aliphatic carbocycles. The molecule has 0 aliphatic rings. The number of halogens is 2. The summed E-state index contributed by atoms with van der Waals surface area (Å²) in [7, 11) is -3.68. The van der Waals surface area contributed by atoms with Gasteiger partial charge in [-0.05, 0) is 85.6 Å². The number of hydrogen-bond acceptors (Lipinski definition) is 0. The van der Waals surface area contributed by atoms with E-state index in [4.69, 9.17) is 0 Å². The van der Waals surface area contributed by atoms with Crippen molar-refractivity contribution in [2.45, 2.75) is 12.8 Å². The van der Waals surface area contributed by atoms with Gasteiger partial charge in [-0.1, -0.05) is 109 Å². The van der Waals surface area contributed by atoms with E-state index in [0.29, 0.717) is 0 Å². The van der Waals surface area contributed by atoms with Gasteiger partial charge in [-0.25, -0.2) is 0 Å². The summed E-state index contributed by atoms with van der Waals surface area (Å²) >= 11 is 0. The smallest absolute Gasteiger partial charge is 0.112 e. The fourth-order valence-corrected chi connectivity index (χ4v) is 15.3. The highest BCUT2D eigenvalue weighted by Gasteiger charge is 2.47. The first-order valence-corrected chi connectivity index (χ1v) is 18.9. The molecule has 0 spiro atoms. The second kappa shape index (κ2) is 16.5. The molecule has 0 amide bonds. The van der Waals surface area contributed by atoms with E-state index in [9.17, 15) is 0 Å². The van der Waals surface area contributed by atoms with E-state index in [1.54, 1.807) is 0 Å². The standard InChI is InChI=1S/C40H38P2.2BrH/c1-7-21-35(22-8-1)41(36-23-9-2-10-24-36,37-25-11-3-12-26-37)33-19-20-34-42(38-27-13-4-14-28-38,39-29-15-5-16-30-39)40-31-17-6-18-32-40;;/h1-18,21-32H,19-20,33-34H2;2*1H/q+2;;. The Hall–Kier alpha value is -2.86. The highest BCUT2D eigenvalue weighted by Crippen LogP contribution is 2.58. The lowest BCUT2D eigenvalue weighted by atomic mass is 10.3. The Morgan fingerprint density at radius 1 is 0.250 bits per heavy atom. The number of unbranched alkanes of at least 4 members (excludes halogenated alkanes) is 1. The lowest BCUT2D eigenvalue weighted by molar-refractivity contribution is 0.897. The first kappa shape index (κ1) is 34.0. The number of rotatable bonds is 11.